The van der Waals surface area contributed by atoms with Crippen LogP contribution in [-0.2, 0) is 31.1 Å². The van der Waals surface area contributed by atoms with Gasteiger partial charge in [-0.3, -0.25) is 9.11 Å². The van der Waals surface area contributed by atoms with Gasteiger partial charge in [-0.25, -0.2) is 0 Å². The Bertz CT molecular complexity index is 1970. The number of halogens is 1. The Balaban J connectivity index is 0.00000562. The van der Waals surface area contributed by atoms with E-state index in [0.29, 0.717) is 38.8 Å². The highest BCUT2D eigenvalue weighted by molar-refractivity contribution is 7.86. The summed E-state index contributed by atoms with van der Waals surface area (Å²) in [6, 6.07) is 16.6. The van der Waals surface area contributed by atoms with Gasteiger partial charge in [0.05, 0.1) is 16.9 Å². The lowest BCUT2D eigenvalue weighted by Crippen LogP contribution is -2.28. The van der Waals surface area contributed by atoms with Crippen molar-refractivity contribution in [1.82, 2.24) is 0 Å². The second kappa shape index (κ2) is 15.7. The van der Waals surface area contributed by atoms with Crippen LogP contribution in [0.15, 0.2) is 94.7 Å². The summed E-state index contributed by atoms with van der Waals surface area (Å²) in [7, 11) is -8.00. The molecule has 0 radical (unpaired) electrons. The molecule has 0 saturated carbocycles. The number of unbranched alkanes of at least 4 members (excludes halogenated alkanes) is 2. The van der Waals surface area contributed by atoms with E-state index in [1.807, 2.05) is 24.3 Å². The van der Waals surface area contributed by atoms with Crippen molar-refractivity contribution in [3.8, 4) is 0 Å². The van der Waals surface area contributed by atoms with Crippen molar-refractivity contribution in [1.29, 1.82) is 0 Å². The molecule has 2 aromatic rings. The minimum atomic E-state index is -4.00. The van der Waals surface area contributed by atoms with Crippen molar-refractivity contribution in [3.05, 3.63) is 106 Å². The van der Waals surface area contributed by atoms with E-state index in [1.54, 1.807) is 0 Å². The zero-order chi connectivity index (χ0) is 35.6. The molecule has 0 atom stereocenters. The second-order valence-corrected chi connectivity index (χ2v) is 17.8. The van der Waals surface area contributed by atoms with Crippen molar-refractivity contribution in [2.24, 2.45) is 0 Å². The highest BCUT2D eigenvalue weighted by Crippen LogP contribution is 2.48. The summed E-state index contributed by atoms with van der Waals surface area (Å²) >= 11 is 7.14. The molecule has 1 aliphatic carbocycles. The Hall–Kier alpha value is -3.06. The van der Waals surface area contributed by atoms with Gasteiger partial charge in [-0.15, -0.1) is 0 Å². The molecule has 2 aromatic carbocycles. The molecule has 0 bridgehead atoms. The van der Waals surface area contributed by atoms with E-state index in [1.165, 1.54) is 11.1 Å². The number of fused-ring (bicyclic) bond motifs is 2. The molecular formula is C38H49ClN2O7S2. The number of hydrogen-bond donors (Lipinski definition) is 2. The summed E-state index contributed by atoms with van der Waals surface area (Å²) in [4.78, 5) is 2.26. The Kier molecular flexibility index (Phi) is 12.5. The van der Waals surface area contributed by atoms with Crippen LogP contribution in [-0.4, -0.2) is 66.3 Å². The topological polar surface area (TPSA) is 145 Å². The van der Waals surface area contributed by atoms with Crippen LogP contribution in [0.1, 0.15) is 83.8 Å². The molecule has 272 valence electrons. The number of benzene rings is 2. The predicted molar refractivity (Wildman–Crippen MR) is 201 cm³/mol. The molecule has 50 heavy (non-hydrogen) atoms. The molecule has 12 heteroatoms. The highest BCUT2D eigenvalue weighted by Gasteiger charge is 2.44. The fourth-order valence-electron chi connectivity index (χ4n) is 7.44. The molecule has 0 aromatic heterocycles. The monoisotopic (exact) mass is 744 g/mol. The van der Waals surface area contributed by atoms with E-state index in [2.05, 4.69) is 85.7 Å². The van der Waals surface area contributed by atoms with E-state index in [-0.39, 0.29) is 27.8 Å². The maximum Gasteiger partial charge on any atom is 0.264 e. The molecule has 0 fully saturated rings. The predicted octanol–water partition coefficient (Wildman–Crippen LogP) is 8.06. The molecule has 0 spiro atoms. The number of nitrogens with zero attached hydrogens (tertiary/aromatic N) is 2. The Morgan fingerprint density at radius 2 is 1.42 bits per heavy atom. The van der Waals surface area contributed by atoms with Crippen LogP contribution >= 0.6 is 11.6 Å². The SMILES string of the molecule is CC1(C)C(/C=C/C2=C(Cl)C(=C\C=C3/N(CCCCS(=O)(=O)O)c4ccccc4C3(C)C)/CCC2)=[N+](CCCCS(=O)(=O)O)c2ccccc21.[OH-]. The first-order valence-corrected chi connectivity index (χ1v) is 20.6. The van der Waals surface area contributed by atoms with Crippen molar-refractivity contribution in [3.63, 3.8) is 0 Å². The number of hydrogen-bond acceptors (Lipinski definition) is 6. The van der Waals surface area contributed by atoms with Crippen LogP contribution < -0.4 is 4.90 Å². The molecule has 0 unspecified atom stereocenters. The van der Waals surface area contributed by atoms with E-state index in [0.717, 1.165) is 58.2 Å². The first-order valence-electron chi connectivity index (χ1n) is 17.0. The van der Waals surface area contributed by atoms with Crippen LogP contribution in [0.5, 0.6) is 0 Å². The maximum absolute atomic E-state index is 11.3. The smallest absolute Gasteiger partial charge is 0.264 e. The lowest BCUT2D eigenvalue weighted by Gasteiger charge is -2.27. The Labute approximate surface area is 302 Å². The zero-order valence-corrected chi connectivity index (χ0v) is 31.7. The molecule has 9 nitrogen and oxygen atoms in total. The summed E-state index contributed by atoms with van der Waals surface area (Å²) in [5, 5.41) is 0.751. The summed E-state index contributed by atoms with van der Waals surface area (Å²) < 4.78 is 65.9. The molecule has 3 N–H and O–H groups in total. The van der Waals surface area contributed by atoms with E-state index < -0.39 is 20.2 Å². The lowest BCUT2D eigenvalue weighted by atomic mass is 9.81. The third kappa shape index (κ3) is 8.86. The summed E-state index contributed by atoms with van der Waals surface area (Å²) in [6.45, 7) is 10.1. The number of rotatable bonds is 13. The molecule has 0 amide bonds. The molecular weight excluding hydrogens is 696 g/mol. The molecule has 3 aliphatic rings. The minimum Gasteiger partial charge on any atom is -0.870 e. The van der Waals surface area contributed by atoms with Gasteiger partial charge in [0.15, 0.2) is 5.71 Å². The highest BCUT2D eigenvalue weighted by atomic mass is 35.5. The minimum absolute atomic E-state index is 0. The Morgan fingerprint density at radius 1 is 0.800 bits per heavy atom. The van der Waals surface area contributed by atoms with Crippen molar-refractivity contribution in [2.75, 3.05) is 29.5 Å². The van der Waals surface area contributed by atoms with Gasteiger partial charge in [-0.05, 0) is 81.2 Å². The van der Waals surface area contributed by atoms with Gasteiger partial charge in [0.25, 0.3) is 20.2 Å². The maximum atomic E-state index is 11.3. The van der Waals surface area contributed by atoms with Gasteiger partial charge in [0, 0.05) is 52.5 Å². The van der Waals surface area contributed by atoms with Crippen LogP contribution in [0.2, 0.25) is 0 Å². The fourth-order valence-corrected chi connectivity index (χ4v) is 8.89. The van der Waals surface area contributed by atoms with Gasteiger partial charge < -0.3 is 10.4 Å². The van der Waals surface area contributed by atoms with Gasteiger partial charge in [0.1, 0.15) is 6.54 Å². The van der Waals surface area contributed by atoms with Crippen LogP contribution in [0, 0.1) is 0 Å². The average molecular weight is 745 g/mol. The third-order valence-electron chi connectivity index (χ3n) is 10.0. The standard InChI is InChI=1S/C38H47ClN2O6S2.H2O/c1-37(2)30-16-5-7-18-32(30)40(24-9-11-26-48(42,43)44)34(37)22-20-28-14-13-15-29(36(28)39)21-23-35-38(3,4)31-17-6-8-19-33(31)41(35)25-10-12-27-49(45,46)47;/h5-8,16-23H,9-15,24-27H2,1-4H3,(H-,42,43,44,45,46,47);1H2. The second-order valence-electron chi connectivity index (χ2n) is 14.2. The van der Waals surface area contributed by atoms with Crippen molar-refractivity contribution >= 4 is 48.9 Å². The normalized spacial score (nSPS) is 20.2. The number of para-hydroxylation sites is 2. The van der Waals surface area contributed by atoms with Crippen LogP contribution in [0.3, 0.4) is 0 Å². The number of anilines is 1. The van der Waals surface area contributed by atoms with Crippen molar-refractivity contribution < 1.29 is 36.0 Å². The lowest BCUT2D eigenvalue weighted by molar-refractivity contribution is -0.438. The first kappa shape index (κ1) is 39.7. The summed E-state index contributed by atoms with van der Waals surface area (Å²) in [5.74, 6) is -0.500. The van der Waals surface area contributed by atoms with E-state index in [9.17, 15) is 25.9 Å². The quantitative estimate of drug-likeness (QED) is 0.119. The average Bonchev–Trinajstić information content (AvgIpc) is 3.37. The van der Waals surface area contributed by atoms with E-state index >= 15 is 0 Å². The third-order valence-corrected chi connectivity index (χ3v) is 12.1. The summed E-state index contributed by atoms with van der Waals surface area (Å²) in [6.07, 6.45) is 13.2. The van der Waals surface area contributed by atoms with Crippen LogP contribution in [0.25, 0.3) is 0 Å². The van der Waals surface area contributed by atoms with Gasteiger partial charge in [-0.1, -0.05) is 74.0 Å². The van der Waals surface area contributed by atoms with Gasteiger partial charge >= 0.3 is 0 Å². The first-order chi connectivity index (χ1) is 23.0. The fraction of sp³-hybridized carbons (Fsp3) is 0.447. The molecule has 2 heterocycles. The van der Waals surface area contributed by atoms with Crippen LogP contribution in [0.4, 0.5) is 11.4 Å². The van der Waals surface area contributed by atoms with E-state index in [4.69, 9.17) is 11.6 Å². The molecule has 2 aliphatic heterocycles. The largest absolute Gasteiger partial charge is 0.870 e. The molecule has 5 rings (SSSR count). The Morgan fingerprint density at radius 3 is 2.10 bits per heavy atom. The zero-order valence-electron chi connectivity index (χ0n) is 29.3. The van der Waals surface area contributed by atoms with Crippen molar-refractivity contribution in [2.45, 2.75) is 83.5 Å². The molecule has 0 saturated heterocycles. The number of allylic oxidation sites excluding steroid dienone is 8. The van der Waals surface area contributed by atoms with Gasteiger partial charge in [-0.2, -0.15) is 21.4 Å². The van der Waals surface area contributed by atoms with Gasteiger partial charge in [0.2, 0.25) is 5.69 Å². The summed E-state index contributed by atoms with van der Waals surface area (Å²) in [5.41, 5.74) is 8.47.